The summed E-state index contributed by atoms with van der Waals surface area (Å²) in [5, 5.41) is 0. The number of aromatic amines is 1. The van der Waals surface area contributed by atoms with Gasteiger partial charge in [0, 0.05) is 63.0 Å². The van der Waals surface area contributed by atoms with Gasteiger partial charge in [-0.05, 0) is 6.92 Å². The standard InChI is InChI=1S/C17H20N6O3/c1-10-3-18-9-20-14(10)22-5-11-7-23(8-12(11)6-22)16(25)13-4-19-17(26)21(2)15(13)24/h3-4,9,11-12H,5-8H2,1-2H3,(H,19,26). The molecule has 4 heterocycles. The molecule has 2 fully saturated rings. The van der Waals surface area contributed by atoms with Crippen molar-refractivity contribution in [2.24, 2.45) is 18.9 Å². The highest BCUT2D eigenvalue weighted by Gasteiger charge is 2.42. The summed E-state index contributed by atoms with van der Waals surface area (Å²) in [5.41, 5.74) is -0.0394. The van der Waals surface area contributed by atoms with E-state index in [-0.39, 0.29) is 11.5 Å². The van der Waals surface area contributed by atoms with Crippen LogP contribution < -0.4 is 16.1 Å². The van der Waals surface area contributed by atoms with Crippen LogP contribution in [0.5, 0.6) is 0 Å². The Labute approximate surface area is 149 Å². The van der Waals surface area contributed by atoms with Gasteiger partial charge in [0.1, 0.15) is 17.7 Å². The first-order valence-corrected chi connectivity index (χ1v) is 8.55. The predicted molar refractivity (Wildman–Crippen MR) is 94.2 cm³/mol. The summed E-state index contributed by atoms with van der Waals surface area (Å²) in [6.07, 6.45) is 4.58. The van der Waals surface area contributed by atoms with E-state index in [0.717, 1.165) is 29.0 Å². The molecule has 0 aliphatic carbocycles. The zero-order valence-corrected chi connectivity index (χ0v) is 14.7. The summed E-state index contributed by atoms with van der Waals surface area (Å²) in [6.45, 7) is 4.86. The number of H-pyrrole nitrogens is 1. The topological polar surface area (TPSA) is 104 Å². The molecule has 2 aromatic heterocycles. The lowest BCUT2D eigenvalue weighted by Crippen LogP contribution is -2.41. The Morgan fingerprint density at radius 2 is 1.88 bits per heavy atom. The van der Waals surface area contributed by atoms with Crippen LogP contribution in [-0.4, -0.2) is 56.5 Å². The molecule has 0 aromatic carbocycles. The Balaban J connectivity index is 1.49. The van der Waals surface area contributed by atoms with Gasteiger partial charge in [-0.1, -0.05) is 0 Å². The van der Waals surface area contributed by atoms with Crippen LogP contribution in [0.2, 0.25) is 0 Å². The molecular weight excluding hydrogens is 336 g/mol. The molecule has 9 heteroatoms. The van der Waals surface area contributed by atoms with Crippen LogP contribution in [0.1, 0.15) is 15.9 Å². The second kappa shape index (κ2) is 6.08. The van der Waals surface area contributed by atoms with E-state index < -0.39 is 11.2 Å². The van der Waals surface area contributed by atoms with Crippen molar-refractivity contribution in [3.63, 3.8) is 0 Å². The van der Waals surface area contributed by atoms with Gasteiger partial charge in [0.25, 0.3) is 11.5 Å². The Kier molecular flexibility index (Phi) is 3.86. The number of hydrogen-bond acceptors (Lipinski definition) is 6. The molecule has 0 saturated carbocycles. The lowest BCUT2D eigenvalue weighted by atomic mass is 10.0. The predicted octanol–water partition coefficient (Wildman–Crippen LogP) is -0.620. The molecule has 2 aromatic rings. The van der Waals surface area contributed by atoms with E-state index in [1.807, 2.05) is 6.92 Å². The van der Waals surface area contributed by atoms with Crippen LogP contribution in [0.25, 0.3) is 0 Å². The largest absolute Gasteiger partial charge is 0.356 e. The number of fused-ring (bicyclic) bond motifs is 1. The molecule has 0 radical (unpaired) electrons. The van der Waals surface area contributed by atoms with Crippen LogP contribution in [0, 0.1) is 18.8 Å². The maximum Gasteiger partial charge on any atom is 0.328 e. The lowest BCUT2D eigenvalue weighted by molar-refractivity contribution is 0.0779. The van der Waals surface area contributed by atoms with Crippen molar-refractivity contribution >= 4 is 11.7 Å². The number of carbonyl (C=O) groups excluding carboxylic acids is 1. The number of likely N-dealkylation sites (tertiary alicyclic amines) is 1. The average Bonchev–Trinajstić information content (AvgIpc) is 3.19. The maximum absolute atomic E-state index is 12.7. The van der Waals surface area contributed by atoms with Crippen LogP contribution in [0.15, 0.2) is 28.3 Å². The molecule has 2 saturated heterocycles. The van der Waals surface area contributed by atoms with Gasteiger partial charge < -0.3 is 14.8 Å². The highest BCUT2D eigenvalue weighted by molar-refractivity contribution is 5.93. The van der Waals surface area contributed by atoms with Crippen LogP contribution >= 0.6 is 0 Å². The number of aryl methyl sites for hydroxylation is 1. The van der Waals surface area contributed by atoms with Gasteiger partial charge in [-0.3, -0.25) is 14.2 Å². The van der Waals surface area contributed by atoms with Crippen LogP contribution in [0.3, 0.4) is 0 Å². The molecule has 2 unspecified atom stereocenters. The smallest absolute Gasteiger partial charge is 0.328 e. The van der Waals surface area contributed by atoms with Gasteiger partial charge in [-0.25, -0.2) is 14.8 Å². The highest BCUT2D eigenvalue weighted by atomic mass is 16.2. The molecule has 136 valence electrons. The number of rotatable bonds is 2. The van der Waals surface area contributed by atoms with Gasteiger partial charge in [-0.2, -0.15) is 0 Å². The summed E-state index contributed by atoms with van der Waals surface area (Å²) in [4.78, 5) is 51.2. The van der Waals surface area contributed by atoms with E-state index in [1.54, 1.807) is 17.4 Å². The minimum Gasteiger partial charge on any atom is -0.356 e. The average molecular weight is 356 g/mol. The number of anilines is 1. The zero-order valence-electron chi connectivity index (χ0n) is 14.7. The van der Waals surface area contributed by atoms with Crippen molar-refractivity contribution < 1.29 is 4.79 Å². The zero-order chi connectivity index (χ0) is 18.4. The SMILES string of the molecule is Cc1cncnc1N1CC2CN(C(=O)c3c[nH]c(=O)n(C)c3=O)CC2C1. The van der Waals surface area contributed by atoms with Crippen molar-refractivity contribution in [1.82, 2.24) is 24.4 Å². The van der Waals surface area contributed by atoms with Crippen LogP contribution in [0.4, 0.5) is 5.82 Å². The summed E-state index contributed by atoms with van der Waals surface area (Å²) in [7, 11) is 1.36. The van der Waals surface area contributed by atoms with Gasteiger partial charge >= 0.3 is 5.69 Å². The molecule has 1 amide bonds. The molecule has 2 atom stereocenters. The van der Waals surface area contributed by atoms with E-state index in [1.165, 1.54) is 13.2 Å². The van der Waals surface area contributed by atoms with Crippen molar-refractivity contribution in [1.29, 1.82) is 0 Å². The summed E-state index contributed by atoms with van der Waals surface area (Å²) in [5.74, 6) is 1.32. The third-order valence-corrected chi connectivity index (χ3v) is 5.35. The Bertz CT molecular complexity index is 967. The Hall–Kier alpha value is -2.97. The fraction of sp³-hybridized carbons (Fsp3) is 0.471. The molecule has 2 aliphatic rings. The molecule has 0 bridgehead atoms. The summed E-state index contributed by atoms with van der Waals surface area (Å²) < 4.78 is 0.920. The second-order valence-corrected chi connectivity index (χ2v) is 7.04. The van der Waals surface area contributed by atoms with Crippen molar-refractivity contribution in [3.8, 4) is 0 Å². The van der Waals surface area contributed by atoms with Crippen molar-refractivity contribution in [2.45, 2.75) is 6.92 Å². The molecule has 0 spiro atoms. The van der Waals surface area contributed by atoms with E-state index in [0.29, 0.717) is 24.9 Å². The first kappa shape index (κ1) is 16.5. The number of aromatic nitrogens is 4. The number of hydrogen-bond donors (Lipinski definition) is 1. The lowest BCUT2D eigenvalue weighted by Gasteiger charge is -2.23. The molecule has 2 aliphatic heterocycles. The van der Waals surface area contributed by atoms with E-state index >= 15 is 0 Å². The molecule has 1 N–H and O–H groups in total. The number of nitrogens with zero attached hydrogens (tertiary/aromatic N) is 5. The first-order valence-electron chi connectivity index (χ1n) is 8.55. The molecule has 9 nitrogen and oxygen atoms in total. The van der Waals surface area contributed by atoms with Gasteiger partial charge in [0.05, 0.1) is 0 Å². The summed E-state index contributed by atoms with van der Waals surface area (Å²) in [6, 6.07) is 0. The molecular formula is C17H20N6O3. The molecule has 4 rings (SSSR count). The number of carbonyl (C=O) groups is 1. The third kappa shape index (κ3) is 2.59. The van der Waals surface area contributed by atoms with E-state index in [9.17, 15) is 14.4 Å². The monoisotopic (exact) mass is 356 g/mol. The fourth-order valence-electron chi connectivity index (χ4n) is 3.94. The minimum absolute atomic E-state index is 0.00979. The number of nitrogens with one attached hydrogen (secondary N) is 1. The Morgan fingerprint density at radius 3 is 2.54 bits per heavy atom. The van der Waals surface area contributed by atoms with Crippen molar-refractivity contribution in [3.05, 3.63) is 50.7 Å². The maximum atomic E-state index is 12.7. The van der Waals surface area contributed by atoms with Crippen LogP contribution in [-0.2, 0) is 7.05 Å². The normalized spacial score (nSPS) is 21.9. The third-order valence-electron chi connectivity index (χ3n) is 5.35. The van der Waals surface area contributed by atoms with Gasteiger partial charge in [0.15, 0.2) is 0 Å². The van der Waals surface area contributed by atoms with Gasteiger partial charge in [-0.15, -0.1) is 0 Å². The fourth-order valence-corrected chi connectivity index (χ4v) is 3.94. The second-order valence-electron chi connectivity index (χ2n) is 7.04. The Morgan fingerprint density at radius 1 is 1.19 bits per heavy atom. The first-order chi connectivity index (χ1) is 12.5. The minimum atomic E-state index is -0.561. The molecule has 26 heavy (non-hydrogen) atoms. The summed E-state index contributed by atoms with van der Waals surface area (Å²) >= 11 is 0. The van der Waals surface area contributed by atoms with Crippen molar-refractivity contribution in [2.75, 3.05) is 31.1 Å². The van der Waals surface area contributed by atoms with E-state index in [2.05, 4.69) is 19.9 Å². The van der Waals surface area contributed by atoms with Gasteiger partial charge in [0.2, 0.25) is 0 Å². The highest BCUT2D eigenvalue weighted by Crippen LogP contribution is 2.34. The number of amides is 1. The quantitative estimate of drug-likeness (QED) is 0.769. The van der Waals surface area contributed by atoms with E-state index in [4.69, 9.17) is 0 Å².